The minimum atomic E-state index is 0.684. The molecule has 1 aromatic carbocycles. The molecule has 0 aliphatic carbocycles. The number of fused-ring (bicyclic) bond motifs is 1. The molecule has 3 nitrogen and oxygen atoms in total. The van der Waals surface area contributed by atoms with Crippen LogP contribution in [0.25, 0.3) is 0 Å². The number of anilines is 1. The number of hydrogen-bond acceptors (Lipinski definition) is 3. The monoisotopic (exact) mass is 273 g/mol. The Hall–Kier alpha value is -1.06. The molecular weight excluding hydrogens is 246 g/mol. The maximum atomic E-state index is 3.66. The Morgan fingerprint density at radius 3 is 2.90 bits per heavy atom. The van der Waals surface area contributed by atoms with E-state index in [1.54, 1.807) is 0 Å². The topological polar surface area (TPSA) is 18.5 Å². The molecule has 0 aromatic heterocycles. The minimum Gasteiger partial charge on any atom is -0.383 e. The highest BCUT2D eigenvalue weighted by molar-refractivity contribution is 5.52. The second-order valence-corrected chi connectivity index (χ2v) is 6.20. The molecule has 2 unspecified atom stereocenters. The second-order valence-electron chi connectivity index (χ2n) is 6.20. The summed E-state index contributed by atoms with van der Waals surface area (Å²) in [4.78, 5) is 5.30. The van der Waals surface area contributed by atoms with Gasteiger partial charge in [0.2, 0.25) is 0 Å². The lowest BCUT2D eigenvalue weighted by Crippen LogP contribution is -2.55. The smallest absolute Gasteiger partial charge is 0.0373 e. The predicted molar refractivity (Wildman–Crippen MR) is 85.3 cm³/mol. The van der Waals surface area contributed by atoms with E-state index in [4.69, 9.17) is 0 Å². The van der Waals surface area contributed by atoms with Gasteiger partial charge in [0, 0.05) is 44.0 Å². The molecule has 0 saturated carbocycles. The zero-order chi connectivity index (χ0) is 13.9. The lowest BCUT2D eigenvalue weighted by atomic mass is 10.0. The molecule has 1 saturated heterocycles. The van der Waals surface area contributed by atoms with E-state index in [-0.39, 0.29) is 0 Å². The Balaban J connectivity index is 1.63. The summed E-state index contributed by atoms with van der Waals surface area (Å²) < 4.78 is 0. The fourth-order valence-electron chi connectivity index (χ4n) is 3.70. The molecule has 0 radical (unpaired) electrons. The summed E-state index contributed by atoms with van der Waals surface area (Å²) in [6, 6.07) is 10.2. The van der Waals surface area contributed by atoms with Gasteiger partial charge in [-0.05, 0) is 37.9 Å². The molecule has 2 aliphatic heterocycles. The minimum absolute atomic E-state index is 0.684. The van der Waals surface area contributed by atoms with Crippen molar-refractivity contribution in [3.8, 4) is 0 Å². The Morgan fingerprint density at radius 2 is 2.10 bits per heavy atom. The Morgan fingerprint density at radius 1 is 1.25 bits per heavy atom. The van der Waals surface area contributed by atoms with Crippen molar-refractivity contribution < 1.29 is 0 Å². The van der Waals surface area contributed by atoms with E-state index in [2.05, 4.69) is 53.2 Å². The third-order valence-corrected chi connectivity index (χ3v) is 5.01. The third-order valence-electron chi connectivity index (χ3n) is 5.01. The number of rotatable bonds is 2. The predicted octanol–water partition coefficient (Wildman–Crippen LogP) is 2.44. The van der Waals surface area contributed by atoms with Crippen LogP contribution in [0.3, 0.4) is 0 Å². The molecule has 0 amide bonds. The lowest BCUT2D eigenvalue weighted by Gasteiger charge is -2.42. The Labute approximate surface area is 123 Å². The number of benzene rings is 1. The first kappa shape index (κ1) is 13.9. The number of piperazine rings is 1. The number of aryl methyl sites for hydroxylation is 1. The highest BCUT2D eigenvalue weighted by Gasteiger charge is 2.28. The molecule has 3 heteroatoms. The van der Waals surface area contributed by atoms with Crippen LogP contribution >= 0.6 is 0 Å². The van der Waals surface area contributed by atoms with Gasteiger partial charge < -0.3 is 5.32 Å². The van der Waals surface area contributed by atoms with Crippen LogP contribution in [0.2, 0.25) is 0 Å². The van der Waals surface area contributed by atoms with Gasteiger partial charge in [-0.1, -0.05) is 25.1 Å². The van der Waals surface area contributed by atoms with Gasteiger partial charge in [-0.3, -0.25) is 9.80 Å². The van der Waals surface area contributed by atoms with Crippen molar-refractivity contribution in [2.45, 2.75) is 38.8 Å². The van der Waals surface area contributed by atoms with E-state index < -0.39 is 0 Å². The van der Waals surface area contributed by atoms with Crippen molar-refractivity contribution in [3.63, 3.8) is 0 Å². The van der Waals surface area contributed by atoms with Gasteiger partial charge in [0.1, 0.15) is 0 Å². The average Bonchev–Trinajstić information content (AvgIpc) is 2.70. The number of hydrogen-bond donors (Lipinski definition) is 1. The van der Waals surface area contributed by atoms with Gasteiger partial charge in [0.15, 0.2) is 0 Å². The number of likely N-dealkylation sites (N-methyl/N-ethyl adjacent to an activating group) is 1. The molecular formula is C17H27N3. The van der Waals surface area contributed by atoms with Gasteiger partial charge in [-0.15, -0.1) is 0 Å². The second kappa shape index (κ2) is 6.15. The maximum absolute atomic E-state index is 3.66. The first-order valence-corrected chi connectivity index (χ1v) is 8.07. The molecule has 1 aromatic rings. The molecule has 1 N–H and O–H groups in total. The van der Waals surface area contributed by atoms with E-state index in [0.29, 0.717) is 12.1 Å². The van der Waals surface area contributed by atoms with Crippen molar-refractivity contribution in [3.05, 3.63) is 29.8 Å². The lowest BCUT2D eigenvalue weighted by molar-refractivity contribution is 0.0601. The van der Waals surface area contributed by atoms with Crippen molar-refractivity contribution >= 4 is 5.69 Å². The van der Waals surface area contributed by atoms with Crippen LogP contribution in [0.1, 0.15) is 25.8 Å². The molecule has 0 spiro atoms. The van der Waals surface area contributed by atoms with Gasteiger partial charge in [0.05, 0.1) is 0 Å². The van der Waals surface area contributed by atoms with Crippen molar-refractivity contribution in [1.29, 1.82) is 0 Å². The van der Waals surface area contributed by atoms with Crippen LogP contribution in [0.4, 0.5) is 5.69 Å². The fourth-order valence-corrected chi connectivity index (χ4v) is 3.70. The molecule has 2 heterocycles. The van der Waals surface area contributed by atoms with E-state index in [1.165, 1.54) is 50.3 Å². The maximum Gasteiger partial charge on any atom is 0.0373 e. The number of nitrogens with one attached hydrogen (secondary N) is 1. The zero-order valence-corrected chi connectivity index (χ0v) is 12.8. The average molecular weight is 273 g/mol. The van der Waals surface area contributed by atoms with E-state index in [9.17, 15) is 0 Å². The number of para-hydroxylation sites is 1. The van der Waals surface area contributed by atoms with E-state index in [0.717, 1.165) is 6.54 Å². The molecule has 20 heavy (non-hydrogen) atoms. The SMILES string of the molecule is CCN1CCN(C2CCc3ccccc3NC2)CC1C. The van der Waals surface area contributed by atoms with Gasteiger partial charge >= 0.3 is 0 Å². The standard InChI is InChI=1S/C17H27N3/c1-3-19-10-11-20(13-14(19)2)16-9-8-15-6-4-5-7-17(15)18-12-16/h4-7,14,16,18H,3,8-13H2,1-2H3. The summed E-state index contributed by atoms with van der Waals surface area (Å²) in [6.07, 6.45) is 2.49. The van der Waals surface area contributed by atoms with Crippen molar-refractivity contribution in [2.75, 3.05) is 38.0 Å². The number of nitrogens with zero attached hydrogens (tertiary/aromatic N) is 2. The van der Waals surface area contributed by atoms with E-state index >= 15 is 0 Å². The first-order valence-electron chi connectivity index (χ1n) is 8.07. The summed E-state index contributed by atoms with van der Waals surface area (Å²) in [6.45, 7) is 10.6. The molecule has 3 rings (SSSR count). The van der Waals surface area contributed by atoms with Gasteiger partial charge in [0.25, 0.3) is 0 Å². The summed E-state index contributed by atoms with van der Waals surface area (Å²) in [5.41, 5.74) is 2.82. The van der Waals surface area contributed by atoms with Crippen LogP contribution < -0.4 is 5.32 Å². The van der Waals surface area contributed by atoms with Gasteiger partial charge in [-0.25, -0.2) is 0 Å². The molecule has 2 aliphatic rings. The van der Waals surface area contributed by atoms with Crippen LogP contribution in [0.15, 0.2) is 24.3 Å². The Bertz CT molecular complexity index is 419. The van der Waals surface area contributed by atoms with Crippen molar-refractivity contribution in [1.82, 2.24) is 9.80 Å². The molecule has 2 atom stereocenters. The fraction of sp³-hybridized carbons (Fsp3) is 0.647. The van der Waals surface area contributed by atoms with Crippen LogP contribution in [-0.4, -0.2) is 54.6 Å². The quantitative estimate of drug-likeness (QED) is 0.893. The van der Waals surface area contributed by atoms with Crippen LogP contribution in [0.5, 0.6) is 0 Å². The molecule has 0 bridgehead atoms. The zero-order valence-electron chi connectivity index (χ0n) is 12.8. The molecule has 1 fully saturated rings. The normalized spacial score (nSPS) is 28.5. The Kier molecular flexibility index (Phi) is 4.27. The van der Waals surface area contributed by atoms with Gasteiger partial charge in [-0.2, -0.15) is 0 Å². The highest BCUT2D eigenvalue weighted by atomic mass is 15.3. The largest absolute Gasteiger partial charge is 0.383 e. The van der Waals surface area contributed by atoms with E-state index in [1.807, 2.05) is 0 Å². The highest BCUT2D eigenvalue weighted by Crippen LogP contribution is 2.24. The molecule has 110 valence electrons. The third kappa shape index (κ3) is 2.84. The van der Waals surface area contributed by atoms with Crippen molar-refractivity contribution in [2.24, 2.45) is 0 Å². The summed E-state index contributed by atoms with van der Waals surface area (Å²) in [5, 5.41) is 3.66. The van der Waals surface area contributed by atoms with Crippen LogP contribution in [-0.2, 0) is 6.42 Å². The van der Waals surface area contributed by atoms with Crippen LogP contribution in [0, 0.1) is 0 Å². The summed E-state index contributed by atoms with van der Waals surface area (Å²) in [5.74, 6) is 0. The summed E-state index contributed by atoms with van der Waals surface area (Å²) in [7, 11) is 0. The summed E-state index contributed by atoms with van der Waals surface area (Å²) >= 11 is 0. The first-order chi connectivity index (χ1) is 9.78.